The van der Waals surface area contributed by atoms with Gasteiger partial charge in [0.05, 0.1) is 29.1 Å². The molecule has 2 aromatic heterocycles. The highest BCUT2D eigenvalue weighted by molar-refractivity contribution is 6.31. The Labute approximate surface area is 218 Å². The van der Waals surface area contributed by atoms with Crippen LogP contribution in [-0.4, -0.2) is 31.9 Å². The highest BCUT2D eigenvalue weighted by atomic mass is 35.5. The number of amides is 1. The number of nitrogens with zero attached hydrogens (tertiary/aromatic N) is 3. The molecule has 0 unspecified atom stereocenters. The summed E-state index contributed by atoms with van der Waals surface area (Å²) in [4.78, 5) is 17.0. The number of hydrogen-bond acceptors (Lipinski definition) is 5. The molecule has 2 heterocycles. The van der Waals surface area contributed by atoms with E-state index in [4.69, 9.17) is 16.3 Å². The van der Waals surface area contributed by atoms with Gasteiger partial charge in [0.15, 0.2) is 5.82 Å². The molecule has 2 N–H and O–H groups in total. The lowest BCUT2D eigenvalue weighted by atomic mass is 10.0. The molecule has 0 spiro atoms. The molecule has 0 radical (unpaired) electrons. The molecular weight excluding hydrogens is 502 g/mol. The van der Waals surface area contributed by atoms with E-state index < -0.39 is 29.7 Å². The zero-order valence-electron chi connectivity index (χ0n) is 20.6. The maximum Gasteiger partial charge on any atom is 0.249 e. The Balaban J connectivity index is 1.66. The van der Waals surface area contributed by atoms with E-state index in [9.17, 15) is 18.7 Å². The van der Waals surface area contributed by atoms with Gasteiger partial charge < -0.3 is 15.2 Å². The topological polar surface area (TPSA) is 89.3 Å². The number of para-hydroxylation sites is 1. The maximum atomic E-state index is 14.3. The number of rotatable bonds is 9. The molecule has 194 valence electrons. The van der Waals surface area contributed by atoms with Crippen LogP contribution in [0, 0.1) is 18.6 Å². The van der Waals surface area contributed by atoms with Crippen molar-refractivity contribution in [2.24, 2.45) is 0 Å². The molecule has 4 rings (SSSR count). The molecule has 10 heteroatoms. The van der Waals surface area contributed by atoms with Crippen LogP contribution in [0.25, 0.3) is 16.6 Å². The van der Waals surface area contributed by atoms with Crippen LogP contribution in [0.1, 0.15) is 49.6 Å². The Bertz CT molecular complexity index is 1440. The van der Waals surface area contributed by atoms with Gasteiger partial charge in [0.1, 0.15) is 29.8 Å². The standard InChI is InChI=1S/C27H27ClF2N4O3/c1-4-6-24(35)27(36)33-16(3)20-10-17(29)11-22(28)21(20)14-37-25-8-5-7-19-23(9-15(2)32-26(19)25)34-13-18(30)12-31-34/h5,7-13,16,24,35H,4,6,14H2,1-3H3,(H,33,36)/t16-,24-/m0/s1. The van der Waals surface area contributed by atoms with Gasteiger partial charge in [-0.3, -0.25) is 4.79 Å². The smallest absolute Gasteiger partial charge is 0.249 e. The van der Waals surface area contributed by atoms with Crippen LogP contribution in [0.4, 0.5) is 8.78 Å². The van der Waals surface area contributed by atoms with Crippen LogP contribution in [0.2, 0.25) is 5.02 Å². The number of ether oxygens (including phenoxy) is 1. The largest absolute Gasteiger partial charge is 0.487 e. The molecule has 2 atom stereocenters. The molecule has 0 saturated carbocycles. The summed E-state index contributed by atoms with van der Waals surface area (Å²) in [6.45, 7) is 5.32. The van der Waals surface area contributed by atoms with Crippen molar-refractivity contribution in [3.63, 3.8) is 0 Å². The second-order valence-electron chi connectivity index (χ2n) is 8.82. The summed E-state index contributed by atoms with van der Waals surface area (Å²) in [6.07, 6.45) is 2.21. The minimum absolute atomic E-state index is 0.0351. The summed E-state index contributed by atoms with van der Waals surface area (Å²) < 4.78 is 35.5. The summed E-state index contributed by atoms with van der Waals surface area (Å²) in [5.74, 6) is -1.12. The van der Waals surface area contributed by atoms with Crippen LogP contribution >= 0.6 is 11.6 Å². The van der Waals surface area contributed by atoms with E-state index in [-0.39, 0.29) is 11.6 Å². The van der Waals surface area contributed by atoms with Crippen molar-refractivity contribution >= 4 is 28.4 Å². The van der Waals surface area contributed by atoms with Gasteiger partial charge in [0, 0.05) is 16.6 Å². The lowest BCUT2D eigenvalue weighted by Crippen LogP contribution is -2.36. The highest BCUT2D eigenvalue weighted by Crippen LogP contribution is 2.32. The molecular formula is C27H27ClF2N4O3. The van der Waals surface area contributed by atoms with Crippen molar-refractivity contribution in [2.75, 3.05) is 0 Å². The normalized spacial score (nSPS) is 12.9. The first-order chi connectivity index (χ1) is 17.7. The van der Waals surface area contributed by atoms with Crippen molar-refractivity contribution in [1.82, 2.24) is 20.1 Å². The minimum Gasteiger partial charge on any atom is -0.487 e. The number of benzene rings is 2. The maximum absolute atomic E-state index is 14.3. The van der Waals surface area contributed by atoms with Gasteiger partial charge >= 0.3 is 0 Å². The van der Waals surface area contributed by atoms with Crippen molar-refractivity contribution in [3.8, 4) is 11.4 Å². The van der Waals surface area contributed by atoms with Crippen LogP contribution < -0.4 is 10.1 Å². The lowest BCUT2D eigenvalue weighted by molar-refractivity contribution is -0.130. The predicted octanol–water partition coefficient (Wildman–Crippen LogP) is 5.58. The summed E-state index contributed by atoms with van der Waals surface area (Å²) in [5, 5.41) is 17.6. The number of aliphatic hydroxyl groups excluding tert-OH is 1. The first-order valence-electron chi connectivity index (χ1n) is 11.9. The van der Waals surface area contributed by atoms with Crippen LogP contribution in [0.5, 0.6) is 5.75 Å². The number of carbonyl (C=O) groups excluding carboxylic acids is 1. The third kappa shape index (κ3) is 5.89. The quantitative estimate of drug-likeness (QED) is 0.296. The van der Waals surface area contributed by atoms with E-state index in [1.807, 2.05) is 19.9 Å². The van der Waals surface area contributed by atoms with Crippen molar-refractivity contribution < 1.29 is 23.4 Å². The van der Waals surface area contributed by atoms with E-state index in [0.717, 1.165) is 6.20 Å². The molecule has 0 fully saturated rings. The van der Waals surface area contributed by atoms with Gasteiger partial charge in [-0.05, 0) is 50.1 Å². The monoisotopic (exact) mass is 528 g/mol. The van der Waals surface area contributed by atoms with E-state index in [2.05, 4.69) is 15.4 Å². The van der Waals surface area contributed by atoms with Gasteiger partial charge in [-0.2, -0.15) is 5.10 Å². The Hall–Kier alpha value is -3.56. The second kappa shape index (κ2) is 11.2. The summed E-state index contributed by atoms with van der Waals surface area (Å²) in [7, 11) is 0. The van der Waals surface area contributed by atoms with Gasteiger partial charge in [-0.15, -0.1) is 0 Å². The second-order valence-corrected chi connectivity index (χ2v) is 9.22. The first-order valence-corrected chi connectivity index (χ1v) is 12.3. The molecule has 2 aromatic carbocycles. The Morgan fingerprint density at radius 1 is 1.24 bits per heavy atom. The Morgan fingerprint density at radius 3 is 2.73 bits per heavy atom. The van der Waals surface area contributed by atoms with E-state index in [0.29, 0.717) is 52.0 Å². The molecule has 1 amide bonds. The van der Waals surface area contributed by atoms with Gasteiger partial charge in [0.25, 0.3) is 0 Å². The first kappa shape index (κ1) is 26.5. The minimum atomic E-state index is -1.15. The summed E-state index contributed by atoms with van der Waals surface area (Å²) >= 11 is 6.40. The third-order valence-corrected chi connectivity index (χ3v) is 6.30. The number of aromatic nitrogens is 3. The average molecular weight is 529 g/mol. The number of halogens is 3. The summed E-state index contributed by atoms with van der Waals surface area (Å²) in [5.41, 5.74) is 2.77. The zero-order chi connectivity index (χ0) is 26.7. The number of aliphatic hydroxyl groups is 1. The molecule has 0 saturated heterocycles. The Morgan fingerprint density at radius 2 is 2.03 bits per heavy atom. The molecule has 0 aliphatic heterocycles. The molecule has 7 nitrogen and oxygen atoms in total. The lowest BCUT2D eigenvalue weighted by Gasteiger charge is -2.21. The molecule has 37 heavy (non-hydrogen) atoms. The van der Waals surface area contributed by atoms with E-state index in [1.54, 1.807) is 25.1 Å². The van der Waals surface area contributed by atoms with Crippen LogP contribution in [-0.2, 0) is 11.4 Å². The SMILES string of the molecule is CCC[C@H](O)C(=O)N[C@@H](C)c1cc(F)cc(Cl)c1COc1cccc2c(-n3cc(F)cn3)cc(C)nc12. The van der Waals surface area contributed by atoms with E-state index >= 15 is 0 Å². The fourth-order valence-electron chi connectivity index (χ4n) is 4.17. The molecule has 4 aromatic rings. The zero-order valence-corrected chi connectivity index (χ0v) is 21.4. The molecule has 0 bridgehead atoms. The number of nitrogens with one attached hydrogen (secondary N) is 1. The fraction of sp³-hybridized carbons (Fsp3) is 0.296. The average Bonchev–Trinajstić information content (AvgIpc) is 3.28. The number of fused-ring (bicyclic) bond motifs is 1. The molecule has 0 aliphatic rings. The van der Waals surface area contributed by atoms with Gasteiger partial charge in [-0.1, -0.05) is 37.1 Å². The molecule has 0 aliphatic carbocycles. The van der Waals surface area contributed by atoms with Crippen LogP contribution in [0.3, 0.4) is 0 Å². The van der Waals surface area contributed by atoms with Gasteiger partial charge in [-0.25, -0.2) is 18.4 Å². The van der Waals surface area contributed by atoms with Crippen molar-refractivity contribution in [3.05, 3.63) is 82.3 Å². The van der Waals surface area contributed by atoms with Crippen LogP contribution in [0.15, 0.2) is 48.8 Å². The predicted molar refractivity (Wildman–Crippen MR) is 137 cm³/mol. The van der Waals surface area contributed by atoms with Crippen molar-refractivity contribution in [2.45, 2.75) is 52.4 Å². The highest BCUT2D eigenvalue weighted by Gasteiger charge is 2.22. The summed E-state index contributed by atoms with van der Waals surface area (Å²) in [6, 6.07) is 8.98. The number of pyridine rings is 1. The van der Waals surface area contributed by atoms with Crippen molar-refractivity contribution in [1.29, 1.82) is 0 Å². The fourth-order valence-corrected chi connectivity index (χ4v) is 4.44. The van der Waals surface area contributed by atoms with E-state index in [1.165, 1.54) is 23.0 Å². The third-order valence-electron chi connectivity index (χ3n) is 5.96. The number of hydrogen-bond donors (Lipinski definition) is 2. The van der Waals surface area contributed by atoms with Gasteiger partial charge in [0.2, 0.25) is 5.91 Å². The number of carbonyl (C=O) groups is 1. The Kier molecular flexibility index (Phi) is 8.04. The number of aryl methyl sites for hydroxylation is 1.